The summed E-state index contributed by atoms with van der Waals surface area (Å²) in [7, 11) is 1.64. The molecule has 2 heterocycles. The minimum absolute atomic E-state index is 0.157. The predicted octanol–water partition coefficient (Wildman–Crippen LogP) is 0.480. The largest absolute Gasteiger partial charge is 0.480 e. The Labute approximate surface area is 177 Å². The number of nitrogens with zero attached hydrogens (tertiary/aromatic N) is 3. The van der Waals surface area contributed by atoms with Gasteiger partial charge >= 0.3 is 11.7 Å². The van der Waals surface area contributed by atoms with Crippen LogP contribution in [0.3, 0.4) is 0 Å². The van der Waals surface area contributed by atoms with Gasteiger partial charge in [0.25, 0.3) is 5.56 Å². The van der Waals surface area contributed by atoms with Gasteiger partial charge in [-0.2, -0.15) is 0 Å². The number of aryl methyl sites for hydroxylation is 1. The molecule has 1 saturated heterocycles. The van der Waals surface area contributed by atoms with Crippen LogP contribution < -0.4 is 21.9 Å². The number of benzene rings is 2. The third kappa shape index (κ3) is 3.97. The Morgan fingerprint density at radius 1 is 1.10 bits per heavy atom. The number of anilines is 1. The van der Waals surface area contributed by atoms with E-state index < -0.39 is 23.3 Å². The van der Waals surface area contributed by atoms with Crippen molar-refractivity contribution in [2.45, 2.75) is 12.5 Å². The lowest BCUT2D eigenvalue weighted by Crippen LogP contribution is -2.38. The van der Waals surface area contributed by atoms with E-state index in [4.69, 9.17) is 15.6 Å². The van der Waals surface area contributed by atoms with Crippen molar-refractivity contribution in [3.05, 3.63) is 68.9 Å². The zero-order valence-electron chi connectivity index (χ0n) is 17.2. The van der Waals surface area contributed by atoms with E-state index >= 15 is 0 Å². The molecule has 2 aromatic carbocycles. The molecule has 0 bridgehead atoms. The molecule has 0 radical (unpaired) electrons. The Bertz CT molecular complexity index is 1240. The number of carboxylic acids is 1. The summed E-state index contributed by atoms with van der Waals surface area (Å²) in [5.41, 5.74) is 7.36. The van der Waals surface area contributed by atoms with Crippen molar-refractivity contribution in [1.82, 2.24) is 9.13 Å². The molecule has 0 spiro atoms. The summed E-state index contributed by atoms with van der Waals surface area (Å²) < 4.78 is 7.98. The van der Waals surface area contributed by atoms with E-state index in [-0.39, 0.29) is 6.42 Å². The van der Waals surface area contributed by atoms with Gasteiger partial charge < -0.3 is 20.5 Å². The van der Waals surface area contributed by atoms with E-state index in [1.165, 1.54) is 4.57 Å². The van der Waals surface area contributed by atoms with Crippen molar-refractivity contribution >= 4 is 22.6 Å². The average Bonchev–Trinajstić information content (AvgIpc) is 2.79. The molecule has 31 heavy (non-hydrogen) atoms. The van der Waals surface area contributed by atoms with Crippen LogP contribution in [-0.2, 0) is 23.0 Å². The van der Waals surface area contributed by atoms with E-state index in [1.807, 2.05) is 12.1 Å². The van der Waals surface area contributed by atoms with Crippen molar-refractivity contribution in [2.75, 3.05) is 31.2 Å². The molecule has 1 atom stereocenters. The van der Waals surface area contributed by atoms with Crippen LogP contribution in [-0.4, -0.2) is 52.6 Å². The molecule has 1 aliphatic rings. The topological polar surface area (TPSA) is 120 Å². The molecule has 0 aliphatic carbocycles. The van der Waals surface area contributed by atoms with E-state index in [0.29, 0.717) is 35.4 Å². The number of rotatable bonds is 5. The first-order valence-electron chi connectivity index (χ1n) is 10.0. The van der Waals surface area contributed by atoms with Crippen molar-refractivity contribution in [2.24, 2.45) is 12.8 Å². The van der Waals surface area contributed by atoms with Gasteiger partial charge in [-0.3, -0.25) is 14.2 Å². The summed E-state index contributed by atoms with van der Waals surface area (Å²) >= 11 is 0. The minimum Gasteiger partial charge on any atom is -0.480 e. The fraction of sp³-hybridized carbons (Fsp3) is 0.318. The highest BCUT2D eigenvalue weighted by Crippen LogP contribution is 2.21. The predicted molar refractivity (Wildman–Crippen MR) is 117 cm³/mol. The Hall–Kier alpha value is -3.43. The summed E-state index contributed by atoms with van der Waals surface area (Å²) in [4.78, 5) is 39.3. The third-order valence-electron chi connectivity index (χ3n) is 5.60. The Morgan fingerprint density at radius 3 is 2.39 bits per heavy atom. The average molecular weight is 424 g/mol. The lowest BCUT2D eigenvalue weighted by atomic mass is 10.1. The number of fused-ring (bicyclic) bond motifs is 1. The molecule has 162 valence electrons. The number of nitrogens with two attached hydrogens (primary N) is 1. The Balaban J connectivity index is 1.74. The molecular weight excluding hydrogens is 400 g/mol. The molecule has 3 N–H and O–H groups in total. The van der Waals surface area contributed by atoms with Gasteiger partial charge in [0, 0.05) is 25.8 Å². The zero-order valence-corrected chi connectivity index (χ0v) is 17.2. The third-order valence-corrected chi connectivity index (χ3v) is 5.60. The maximum absolute atomic E-state index is 13.2. The standard InChI is InChI=1S/C22H24N4O5/c1-24-19-13-16(25-8-10-31-11-9-25)6-7-17(19)20(27)26(22(24)30)15-4-2-14(3-5-15)12-18(23)21(28)29/h2-7,13,18H,8-12,23H2,1H3,(H,28,29). The summed E-state index contributed by atoms with van der Waals surface area (Å²) in [6, 6.07) is 11.1. The van der Waals surface area contributed by atoms with Crippen molar-refractivity contribution in [3.8, 4) is 5.69 Å². The molecule has 1 unspecified atom stereocenters. The molecule has 1 aliphatic heterocycles. The zero-order chi connectivity index (χ0) is 22.1. The van der Waals surface area contributed by atoms with Gasteiger partial charge in [0.2, 0.25) is 0 Å². The molecule has 1 aromatic heterocycles. The second-order valence-electron chi connectivity index (χ2n) is 7.60. The van der Waals surface area contributed by atoms with Crippen molar-refractivity contribution in [3.63, 3.8) is 0 Å². The van der Waals surface area contributed by atoms with Crippen LogP contribution in [0.5, 0.6) is 0 Å². The number of carboxylic acid groups (broad SMARTS) is 1. The van der Waals surface area contributed by atoms with Gasteiger partial charge in [0.15, 0.2) is 0 Å². The minimum atomic E-state index is -1.08. The molecule has 0 saturated carbocycles. The van der Waals surface area contributed by atoms with Crippen LogP contribution in [0.2, 0.25) is 0 Å². The van der Waals surface area contributed by atoms with Crippen LogP contribution in [0.1, 0.15) is 5.56 Å². The van der Waals surface area contributed by atoms with Gasteiger partial charge in [0.05, 0.1) is 29.8 Å². The first kappa shape index (κ1) is 20.8. The normalized spacial score (nSPS) is 15.2. The Kier molecular flexibility index (Phi) is 5.62. The highest BCUT2D eigenvalue weighted by Gasteiger charge is 2.17. The number of morpholine rings is 1. The summed E-state index contributed by atoms with van der Waals surface area (Å²) in [5, 5.41) is 9.40. The molecule has 9 heteroatoms. The number of hydrogen-bond donors (Lipinski definition) is 2. The van der Waals surface area contributed by atoms with Crippen LogP contribution in [0.25, 0.3) is 16.6 Å². The van der Waals surface area contributed by atoms with Gasteiger partial charge in [-0.25, -0.2) is 9.36 Å². The summed E-state index contributed by atoms with van der Waals surface area (Å²) in [6.07, 6.45) is 0.157. The number of ether oxygens (including phenoxy) is 1. The molecule has 3 aromatic rings. The van der Waals surface area contributed by atoms with Crippen molar-refractivity contribution < 1.29 is 14.6 Å². The fourth-order valence-corrected chi connectivity index (χ4v) is 3.81. The lowest BCUT2D eigenvalue weighted by Gasteiger charge is -2.29. The van der Waals surface area contributed by atoms with E-state index in [1.54, 1.807) is 37.4 Å². The molecule has 1 fully saturated rings. The summed E-state index contributed by atoms with van der Waals surface area (Å²) in [5.74, 6) is -1.08. The van der Waals surface area contributed by atoms with E-state index in [9.17, 15) is 14.4 Å². The van der Waals surface area contributed by atoms with E-state index in [2.05, 4.69) is 4.90 Å². The van der Waals surface area contributed by atoms with Crippen LogP contribution in [0, 0.1) is 0 Å². The van der Waals surface area contributed by atoms with E-state index in [0.717, 1.165) is 23.3 Å². The van der Waals surface area contributed by atoms with Crippen LogP contribution in [0.4, 0.5) is 5.69 Å². The summed E-state index contributed by atoms with van der Waals surface area (Å²) in [6.45, 7) is 2.81. The quantitative estimate of drug-likeness (QED) is 0.611. The number of carbonyl (C=O) groups is 1. The first-order chi connectivity index (χ1) is 14.9. The lowest BCUT2D eigenvalue weighted by molar-refractivity contribution is -0.138. The second-order valence-corrected chi connectivity index (χ2v) is 7.60. The number of aromatic nitrogens is 2. The molecule has 4 rings (SSSR count). The first-order valence-corrected chi connectivity index (χ1v) is 10.0. The van der Waals surface area contributed by atoms with Gasteiger partial charge in [-0.15, -0.1) is 0 Å². The highest BCUT2D eigenvalue weighted by molar-refractivity contribution is 5.82. The van der Waals surface area contributed by atoms with Crippen LogP contribution in [0.15, 0.2) is 52.1 Å². The Morgan fingerprint density at radius 2 is 1.74 bits per heavy atom. The van der Waals surface area contributed by atoms with Gasteiger partial charge in [0.1, 0.15) is 6.04 Å². The molecule has 9 nitrogen and oxygen atoms in total. The van der Waals surface area contributed by atoms with Gasteiger partial charge in [-0.1, -0.05) is 12.1 Å². The highest BCUT2D eigenvalue weighted by atomic mass is 16.5. The SMILES string of the molecule is Cn1c(=O)n(-c2ccc(CC(N)C(=O)O)cc2)c(=O)c2ccc(N3CCOCC3)cc21. The second kappa shape index (κ2) is 8.37. The maximum atomic E-state index is 13.2. The van der Waals surface area contributed by atoms with Crippen LogP contribution >= 0.6 is 0 Å². The smallest absolute Gasteiger partial charge is 0.335 e. The fourth-order valence-electron chi connectivity index (χ4n) is 3.81. The number of hydrogen-bond acceptors (Lipinski definition) is 6. The maximum Gasteiger partial charge on any atom is 0.335 e. The molecule has 0 amide bonds. The molecular formula is C22H24N4O5. The van der Waals surface area contributed by atoms with Crippen molar-refractivity contribution in [1.29, 1.82) is 0 Å². The monoisotopic (exact) mass is 424 g/mol. The van der Waals surface area contributed by atoms with Gasteiger partial charge in [-0.05, 0) is 42.3 Å². The number of aliphatic carboxylic acids is 1.